The topological polar surface area (TPSA) is 37.4 Å². The molecule has 1 fully saturated rings. The summed E-state index contributed by atoms with van der Waals surface area (Å²) in [6.45, 7) is 8.15. The fourth-order valence-electron chi connectivity index (χ4n) is 2.04. The van der Waals surface area contributed by atoms with Crippen LogP contribution in [0.15, 0.2) is 0 Å². The van der Waals surface area contributed by atoms with Crippen LogP contribution in [0, 0.1) is 11.8 Å². The highest BCUT2D eigenvalue weighted by Crippen LogP contribution is 2.19. The molecular formula is C11H22BrNO2S. The molecule has 1 saturated heterocycles. The van der Waals surface area contributed by atoms with Crippen LogP contribution in [-0.2, 0) is 9.84 Å². The maximum Gasteiger partial charge on any atom is 0.153 e. The van der Waals surface area contributed by atoms with E-state index in [1.165, 1.54) is 0 Å². The summed E-state index contributed by atoms with van der Waals surface area (Å²) >= 11 is 3.54. The first-order valence-electron chi connectivity index (χ1n) is 5.86. The minimum absolute atomic E-state index is 0.166. The fourth-order valence-corrected chi connectivity index (χ4v) is 4.62. The summed E-state index contributed by atoms with van der Waals surface area (Å²) in [5.41, 5.74) is 0. The molecule has 1 aliphatic rings. The Kier molecular flexibility index (Phi) is 5.26. The van der Waals surface area contributed by atoms with Crippen molar-refractivity contribution in [3.63, 3.8) is 0 Å². The van der Waals surface area contributed by atoms with Crippen LogP contribution >= 0.6 is 15.9 Å². The van der Waals surface area contributed by atoms with Crippen molar-refractivity contribution in [3.05, 3.63) is 0 Å². The van der Waals surface area contributed by atoms with Crippen molar-refractivity contribution in [2.24, 2.45) is 11.8 Å². The number of rotatable bonds is 4. The van der Waals surface area contributed by atoms with Crippen LogP contribution in [0.5, 0.6) is 0 Å². The van der Waals surface area contributed by atoms with Gasteiger partial charge in [-0.15, -0.1) is 0 Å². The smallest absolute Gasteiger partial charge is 0.153 e. The second-order valence-corrected chi connectivity index (χ2v) is 7.99. The second kappa shape index (κ2) is 5.83. The van der Waals surface area contributed by atoms with Crippen LogP contribution in [-0.4, -0.2) is 49.3 Å². The molecule has 2 atom stereocenters. The highest BCUT2D eigenvalue weighted by molar-refractivity contribution is 9.09. The molecule has 0 aliphatic carbocycles. The lowest BCUT2D eigenvalue weighted by Crippen LogP contribution is -2.49. The van der Waals surface area contributed by atoms with E-state index in [9.17, 15) is 8.42 Å². The number of halogens is 1. The maximum atomic E-state index is 11.5. The molecule has 0 aromatic heterocycles. The number of nitrogens with zero attached hydrogens (tertiary/aromatic N) is 1. The first-order valence-corrected chi connectivity index (χ1v) is 8.80. The molecule has 0 aromatic carbocycles. The summed E-state index contributed by atoms with van der Waals surface area (Å²) in [7, 11) is -2.78. The number of alkyl halides is 1. The molecule has 16 heavy (non-hydrogen) atoms. The van der Waals surface area contributed by atoms with E-state index in [1.54, 1.807) is 0 Å². The lowest BCUT2D eigenvalue weighted by atomic mass is 9.97. The molecule has 2 unspecified atom stereocenters. The maximum absolute atomic E-state index is 11.5. The lowest BCUT2D eigenvalue weighted by molar-refractivity contribution is 0.180. The zero-order chi connectivity index (χ0) is 12.3. The Morgan fingerprint density at radius 3 is 2.50 bits per heavy atom. The van der Waals surface area contributed by atoms with Crippen LogP contribution in [0.25, 0.3) is 0 Å². The minimum Gasteiger partial charge on any atom is -0.298 e. The average Bonchev–Trinajstić information content (AvgIpc) is 2.15. The van der Waals surface area contributed by atoms with Gasteiger partial charge in [0.05, 0.1) is 11.5 Å². The van der Waals surface area contributed by atoms with Crippen LogP contribution in [0.3, 0.4) is 0 Å². The zero-order valence-corrected chi connectivity index (χ0v) is 12.7. The standard InChI is InChI=1S/C11H22BrNO2S/c1-9(2)11(6-12)7-13-4-5-16(14,15)8-10(13)3/h9-11H,4-8H2,1-3H3. The highest BCUT2D eigenvalue weighted by atomic mass is 79.9. The molecule has 1 aliphatic heterocycles. The predicted octanol–water partition coefficient (Wildman–Crippen LogP) is 1.77. The van der Waals surface area contributed by atoms with Crippen molar-refractivity contribution < 1.29 is 8.42 Å². The summed E-state index contributed by atoms with van der Waals surface area (Å²) < 4.78 is 22.9. The molecule has 3 nitrogen and oxygen atoms in total. The fraction of sp³-hybridized carbons (Fsp3) is 1.00. The van der Waals surface area contributed by atoms with E-state index in [2.05, 4.69) is 34.7 Å². The van der Waals surface area contributed by atoms with Gasteiger partial charge in [-0.05, 0) is 18.8 Å². The molecule has 0 amide bonds. The summed E-state index contributed by atoms with van der Waals surface area (Å²) in [6.07, 6.45) is 0. The van der Waals surface area contributed by atoms with E-state index >= 15 is 0 Å². The third kappa shape index (κ3) is 4.00. The van der Waals surface area contributed by atoms with Gasteiger partial charge < -0.3 is 0 Å². The molecule has 0 aromatic rings. The summed E-state index contributed by atoms with van der Waals surface area (Å²) in [5, 5.41) is 0.987. The normalized spacial score (nSPS) is 28.2. The van der Waals surface area contributed by atoms with Crippen molar-refractivity contribution in [3.8, 4) is 0 Å². The third-order valence-electron chi connectivity index (χ3n) is 3.42. The van der Waals surface area contributed by atoms with Gasteiger partial charge in [0.2, 0.25) is 0 Å². The van der Waals surface area contributed by atoms with Gasteiger partial charge in [-0.3, -0.25) is 4.90 Å². The molecule has 1 rings (SSSR count). The Balaban J connectivity index is 2.56. The van der Waals surface area contributed by atoms with Crippen molar-refractivity contribution >= 4 is 25.8 Å². The van der Waals surface area contributed by atoms with Crippen LogP contribution in [0.1, 0.15) is 20.8 Å². The van der Waals surface area contributed by atoms with Crippen molar-refractivity contribution in [2.45, 2.75) is 26.8 Å². The van der Waals surface area contributed by atoms with Gasteiger partial charge in [0, 0.05) is 24.5 Å². The largest absolute Gasteiger partial charge is 0.298 e. The molecule has 0 spiro atoms. The van der Waals surface area contributed by atoms with Gasteiger partial charge in [-0.1, -0.05) is 29.8 Å². The van der Waals surface area contributed by atoms with Crippen LogP contribution in [0.2, 0.25) is 0 Å². The quantitative estimate of drug-likeness (QED) is 0.743. The Hall–Kier alpha value is 0.390. The first-order chi connectivity index (χ1) is 7.35. The SMILES string of the molecule is CC(C)C(CBr)CN1CCS(=O)(=O)CC1C. The number of hydrogen-bond acceptors (Lipinski definition) is 3. The number of sulfone groups is 1. The Bertz CT molecular complexity index is 316. The van der Waals surface area contributed by atoms with Gasteiger partial charge in [-0.2, -0.15) is 0 Å². The van der Waals surface area contributed by atoms with Crippen LogP contribution in [0.4, 0.5) is 0 Å². The van der Waals surface area contributed by atoms with E-state index in [1.807, 2.05) is 6.92 Å². The Labute approximate surface area is 108 Å². The van der Waals surface area contributed by atoms with E-state index < -0.39 is 9.84 Å². The van der Waals surface area contributed by atoms with Crippen molar-refractivity contribution in [2.75, 3.05) is 29.9 Å². The van der Waals surface area contributed by atoms with Gasteiger partial charge in [-0.25, -0.2) is 8.42 Å². The number of hydrogen-bond donors (Lipinski definition) is 0. The van der Waals surface area contributed by atoms with Gasteiger partial charge in [0.15, 0.2) is 9.84 Å². The Morgan fingerprint density at radius 2 is 2.06 bits per heavy atom. The van der Waals surface area contributed by atoms with Gasteiger partial charge in [0.25, 0.3) is 0 Å². The average molecular weight is 312 g/mol. The summed E-state index contributed by atoms with van der Waals surface area (Å²) in [5.74, 6) is 1.87. The molecule has 0 bridgehead atoms. The monoisotopic (exact) mass is 311 g/mol. The second-order valence-electron chi connectivity index (χ2n) is 5.12. The predicted molar refractivity (Wildman–Crippen MR) is 71.8 cm³/mol. The van der Waals surface area contributed by atoms with E-state index in [4.69, 9.17) is 0 Å². The van der Waals surface area contributed by atoms with E-state index in [0.717, 1.165) is 11.9 Å². The lowest BCUT2D eigenvalue weighted by Gasteiger charge is -2.36. The summed E-state index contributed by atoms with van der Waals surface area (Å²) in [4.78, 5) is 2.31. The van der Waals surface area contributed by atoms with Crippen molar-refractivity contribution in [1.29, 1.82) is 0 Å². The molecule has 0 saturated carbocycles. The molecule has 5 heteroatoms. The zero-order valence-electron chi connectivity index (χ0n) is 10.3. The van der Waals surface area contributed by atoms with E-state index in [-0.39, 0.29) is 6.04 Å². The van der Waals surface area contributed by atoms with Gasteiger partial charge >= 0.3 is 0 Å². The highest BCUT2D eigenvalue weighted by Gasteiger charge is 2.29. The first kappa shape index (κ1) is 14.5. The van der Waals surface area contributed by atoms with Gasteiger partial charge in [0.1, 0.15) is 0 Å². The molecule has 0 N–H and O–H groups in total. The Morgan fingerprint density at radius 1 is 1.44 bits per heavy atom. The molecule has 0 radical (unpaired) electrons. The summed E-state index contributed by atoms with van der Waals surface area (Å²) in [6, 6.07) is 0.166. The molecular weight excluding hydrogens is 290 g/mol. The molecule has 96 valence electrons. The van der Waals surface area contributed by atoms with Crippen LogP contribution < -0.4 is 0 Å². The van der Waals surface area contributed by atoms with Crippen molar-refractivity contribution in [1.82, 2.24) is 4.90 Å². The minimum atomic E-state index is -2.78. The van der Waals surface area contributed by atoms with E-state index in [0.29, 0.717) is 29.9 Å². The third-order valence-corrected chi connectivity index (χ3v) is 6.04. The molecule has 1 heterocycles.